The van der Waals surface area contributed by atoms with Crippen LogP contribution in [0.1, 0.15) is 39.2 Å². The number of rotatable bonds is 2. The molecule has 0 spiro atoms. The number of hydrogen-bond donors (Lipinski definition) is 1. The van der Waals surface area contributed by atoms with Crippen molar-refractivity contribution in [2.75, 3.05) is 0 Å². The smallest absolute Gasteiger partial charge is 0.0263 e. The second kappa shape index (κ2) is 4.42. The summed E-state index contributed by atoms with van der Waals surface area (Å²) in [4.78, 5) is 0. The van der Waals surface area contributed by atoms with Crippen LogP contribution in [0, 0.1) is 0 Å². The minimum absolute atomic E-state index is 0.202. The third-order valence-corrected chi connectivity index (χ3v) is 2.89. The van der Waals surface area contributed by atoms with Crippen LogP contribution in [-0.2, 0) is 0 Å². The van der Waals surface area contributed by atoms with Crippen LogP contribution in [0.2, 0.25) is 0 Å². The molecule has 1 unspecified atom stereocenters. The monoisotopic (exact) mass is 215 g/mol. The summed E-state index contributed by atoms with van der Waals surface area (Å²) < 4.78 is 0. The van der Waals surface area contributed by atoms with Gasteiger partial charge in [0, 0.05) is 11.6 Å². The Morgan fingerprint density at radius 2 is 1.81 bits per heavy atom. The van der Waals surface area contributed by atoms with E-state index in [2.05, 4.69) is 62.5 Å². The highest BCUT2D eigenvalue weighted by atomic mass is 15.0. The molecule has 0 amide bonds. The standard InChI is InChI=1S/C15H21N/c1-15(2,3)16-14-10-9-13(11-14)12-7-5-4-6-8-12/h4-8,11,14,16H,9-10H2,1-3H3. The van der Waals surface area contributed by atoms with Crippen molar-refractivity contribution >= 4 is 5.57 Å². The van der Waals surface area contributed by atoms with Crippen molar-refractivity contribution in [3.63, 3.8) is 0 Å². The molecular formula is C15H21N. The molecule has 16 heavy (non-hydrogen) atoms. The molecule has 1 atom stereocenters. The van der Waals surface area contributed by atoms with Gasteiger partial charge in [0.2, 0.25) is 0 Å². The van der Waals surface area contributed by atoms with E-state index in [4.69, 9.17) is 0 Å². The van der Waals surface area contributed by atoms with Gasteiger partial charge in [-0.2, -0.15) is 0 Å². The molecule has 0 saturated carbocycles. The molecule has 1 aliphatic rings. The largest absolute Gasteiger partial charge is 0.306 e. The average Bonchev–Trinajstić information content (AvgIpc) is 2.65. The molecule has 1 aromatic carbocycles. The summed E-state index contributed by atoms with van der Waals surface area (Å²) in [7, 11) is 0. The molecule has 0 heterocycles. The molecule has 1 heteroatoms. The Morgan fingerprint density at radius 1 is 1.12 bits per heavy atom. The van der Waals surface area contributed by atoms with Crippen molar-refractivity contribution in [2.45, 2.75) is 45.2 Å². The number of hydrogen-bond acceptors (Lipinski definition) is 1. The fraction of sp³-hybridized carbons (Fsp3) is 0.467. The predicted octanol–water partition coefficient (Wildman–Crippen LogP) is 3.62. The van der Waals surface area contributed by atoms with Crippen LogP contribution in [0.15, 0.2) is 36.4 Å². The normalized spacial score (nSPS) is 20.9. The van der Waals surface area contributed by atoms with E-state index in [0.29, 0.717) is 6.04 Å². The summed E-state index contributed by atoms with van der Waals surface area (Å²) in [6.45, 7) is 6.67. The highest BCUT2D eigenvalue weighted by molar-refractivity contribution is 5.68. The van der Waals surface area contributed by atoms with E-state index >= 15 is 0 Å². The van der Waals surface area contributed by atoms with Crippen molar-refractivity contribution in [3.8, 4) is 0 Å². The molecule has 1 N–H and O–H groups in total. The van der Waals surface area contributed by atoms with Crippen LogP contribution < -0.4 is 5.32 Å². The summed E-state index contributed by atoms with van der Waals surface area (Å²) in [5, 5.41) is 3.64. The lowest BCUT2D eigenvalue weighted by molar-refractivity contribution is 0.388. The third-order valence-electron chi connectivity index (χ3n) is 2.89. The highest BCUT2D eigenvalue weighted by Crippen LogP contribution is 2.28. The van der Waals surface area contributed by atoms with Gasteiger partial charge in [0.15, 0.2) is 0 Å². The van der Waals surface area contributed by atoms with Gasteiger partial charge in [-0.15, -0.1) is 0 Å². The van der Waals surface area contributed by atoms with Gasteiger partial charge in [0.25, 0.3) is 0 Å². The van der Waals surface area contributed by atoms with Crippen molar-refractivity contribution in [3.05, 3.63) is 42.0 Å². The molecule has 1 aliphatic carbocycles. The molecule has 1 aromatic rings. The van der Waals surface area contributed by atoms with Crippen LogP contribution in [-0.4, -0.2) is 11.6 Å². The molecule has 0 aliphatic heterocycles. The van der Waals surface area contributed by atoms with E-state index in [1.807, 2.05) is 0 Å². The zero-order chi connectivity index (χ0) is 11.6. The van der Waals surface area contributed by atoms with Crippen LogP contribution >= 0.6 is 0 Å². The predicted molar refractivity (Wildman–Crippen MR) is 70.3 cm³/mol. The van der Waals surface area contributed by atoms with Crippen molar-refractivity contribution < 1.29 is 0 Å². The third kappa shape index (κ3) is 2.96. The molecule has 0 saturated heterocycles. The van der Waals surface area contributed by atoms with Crippen molar-refractivity contribution in [1.82, 2.24) is 5.32 Å². The van der Waals surface area contributed by atoms with E-state index in [1.165, 1.54) is 24.0 Å². The first-order valence-electron chi connectivity index (χ1n) is 6.08. The molecule has 2 rings (SSSR count). The molecule has 0 bridgehead atoms. The molecule has 86 valence electrons. The van der Waals surface area contributed by atoms with E-state index in [1.54, 1.807) is 0 Å². The molecule has 0 aromatic heterocycles. The Morgan fingerprint density at radius 3 is 2.44 bits per heavy atom. The molecular weight excluding hydrogens is 194 g/mol. The van der Waals surface area contributed by atoms with Gasteiger partial charge in [-0.05, 0) is 44.7 Å². The Labute approximate surface area is 98.6 Å². The number of nitrogens with one attached hydrogen (secondary N) is 1. The summed E-state index contributed by atoms with van der Waals surface area (Å²) in [6, 6.07) is 11.2. The fourth-order valence-corrected chi connectivity index (χ4v) is 2.28. The average molecular weight is 215 g/mol. The van der Waals surface area contributed by atoms with Gasteiger partial charge in [0.1, 0.15) is 0 Å². The lowest BCUT2D eigenvalue weighted by Gasteiger charge is -2.24. The Kier molecular flexibility index (Phi) is 3.15. The van der Waals surface area contributed by atoms with Crippen LogP contribution in [0.4, 0.5) is 0 Å². The number of benzene rings is 1. The number of allylic oxidation sites excluding steroid dienone is 1. The maximum Gasteiger partial charge on any atom is 0.0263 e. The highest BCUT2D eigenvalue weighted by Gasteiger charge is 2.20. The van der Waals surface area contributed by atoms with Gasteiger partial charge in [-0.3, -0.25) is 0 Å². The summed E-state index contributed by atoms with van der Waals surface area (Å²) >= 11 is 0. The zero-order valence-corrected chi connectivity index (χ0v) is 10.5. The zero-order valence-electron chi connectivity index (χ0n) is 10.5. The Balaban J connectivity index is 2.07. The van der Waals surface area contributed by atoms with Crippen molar-refractivity contribution in [2.24, 2.45) is 0 Å². The van der Waals surface area contributed by atoms with Gasteiger partial charge >= 0.3 is 0 Å². The van der Waals surface area contributed by atoms with Crippen LogP contribution in [0.5, 0.6) is 0 Å². The van der Waals surface area contributed by atoms with E-state index in [0.717, 1.165) is 0 Å². The molecule has 1 nitrogen and oxygen atoms in total. The van der Waals surface area contributed by atoms with Crippen LogP contribution in [0.3, 0.4) is 0 Å². The lowest BCUT2D eigenvalue weighted by Crippen LogP contribution is -2.41. The van der Waals surface area contributed by atoms with Crippen molar-refractivity contribution in [1.29, 1.82) is 0 Å². The first-order valence-corrected chi connectivity index (χ1v) is 6.08. The Hall–Kier alpha value is -1.08. The fourth-order valence-electron chi connectivity index (χ4n) is 2.28. The minimum atomic E-state index is 0.202. The molecule has 0 fully saturated rings. The first kappa shape index (κ1) is 11.4. The van der Waals surface area contributed by atoms with Gasteiger partial charge < -0.3 is 5.32 Å². The van der Waals surface area contributed by atoms with Gasteiger partial charge in [-0.1, -0.05) is 36.4 Å². The van der Waals surface area contributed by atoms with E-state index in [-0.39, 0.29) is 5.54 Å². The van der Waals surface area contributed by atoms with E-state index < -0.39 is 0 Å². The minimum Gasteiger partial charge on any atom is -0.306 e. The topological polar surface area (TPSA) is 12.0 Å². The first-order chi connectivity index (χ1) is 7.54. The lowest BCUT2D eigenvalue weighted by atomic mass is 10.1. The molecule has 0 radical (unpaired) electrons. The van der Waals surface area contributed by atoms with Crippen LogP contribution in [0.25, 0.3) is 5.57 Å². The quantitative estimate of drug-likeness (QED) is 0.794. The Bertz CT molecular complexity index is 370. The summed E-state index contributed by atoms with van der Waals surface area (Å²) in [5.41, 5.74) is 3.07. The summed E-state index contributed by atoms with van der Waals surface area (Å²) in [6.07, 6.45) is 4.81. The van der Waals surface area contributed by atoms with E-state index in [9.17, 15) is 0 Å². The van der Waals surface area contributed by atoms with Gasteiger partial charge in [0.05, 0.1) is 0 Å². The van der Waals surface area contributed by atoms with Gasteiger partial charge in [-0.25, -0.2) is 0 Å². The summed E-state index contributed by atoms with van der Waals surface area (Å²) in [5.74, 6) is 0. The second-order valence-electron chi connectivity index (χ2n) is 5.60. The second-order valence-corrected chi connectivity index (χ2v) is 5.60. The maximum absolute atomic E-state index is 3.64. The maximum atomic E-state index is 3.64. The SMILES string of the molecule is CC(C)(C)NC1C=C(c2ccccc2)CC1.